The van der Waals surface area contributed by atoms with Gasteiger partial charge in [0.2, 0.25) is 11.9 Å². The van der Waals surface area contributed by atoms with Crippen LogP contribution in [-0.2, 0) is 4.79 Å². The number of aromatic nitrogens is 3. The van der Waals surface area contributed by atoms with E-state index in [9.17, 15) is 4.79 Å². The zero-order chi connectivity index (χ0) is 16.4. The van der Waals surface area contributed by atoms with Gasteiger partial charge in [-0.1, -0.05) is 15.9 Å². The predicted molar refractivity (Wildman–Crippen MR) is 87.9 cm³/mol. The van der Waals surface area contributed by atoms with Gasteiger partial charge in [0.25, 0.3) is 0 Å². The first-order valence-electron chi connectivity index (χ1n) is 7.42. The van der Waals surface area contributed by atoms with Crippen LogP contribution in [0.1, 0.15) is 31.9 Å². The Morgan fingerprint density at radius 2 is 2.00 bits per heavy atom. The predicted octanol–water partition coefficient (Wildman–Crippen LogP) is 2.77. The van der Waals surface area contributed by atoms with Crippen molar-refractivity contribution in [1.82, 2.24) is 14.8 Å². The van der Waals surface area contributed by atoms with Crippen molar-refractivity contribution < 1.29 is 14.3 Å². The smallest absolute Gasteiger partial charge is 0.229 e. The number of fused-ring (bicyclic) bond motifs is 1. The third kappa shape index (κ3) is 3.03. The molecule has 0 saturated heterocycles. The summed E-state index contributed by atoms with van der Waals surface area (Å²) in [6, 6.07) is 3.52. The number of nitrogens with zero attached hydrogens (tertiary/aromatic N) is 3. The van der Waals surface area contributed by atoms with Crippen molar-refractivity contribution in [2.75, 3.05) is 18.5 Å². The molecule has 8 heteroatoms. The lowest BCUT2D eigenvalue weighted by molar-refractivity contribution is -0.117. The number of rotatable bonds is 5. The first-order chi connectivity index (χ1) is 11.1. The summed E-state index contributed by atoms with van der Waals surface area (Å²) in [5.74, 6) is 1.68. The van der Waals surface area contributed by atoms with Crippen LogP contribution in [0.3, 0.4) is 0 Å². The van der Waals surface area contributed by atoms with Gasteiger partial charge in [-0.05, 0) is 31.5 Å². The molecular formula is C15H17BrN4O3. The van der Waals surface area contributed by atoms with Crippen molar-refractivity contribution in [1.29, 1.82) is 0 Å². The molecule has 0 saturated carbocycles. The lowest BCUT2D eigenvalue weighted by atomic mass is 10.0. The van der Waals surface area contributed by atoms with E-state index in [1.54, 1.807) is 4.68 Å². The molecule has 1 aliphatic rings. The normalized spacial score (nSPS) is 16.7. The molecule has 1 atom stereocenters. The number of carbonyl (C=O) groups is 1. The second-order valence-corrected chi connectivity index (χ2v) is 5.84. The first-order valence-corrected chi connectivity index (χ1v) is 8.21. The molecule has 1 N–H and O–H groups in total. The Balaban J connectivity index is 2.06. The number of carbonyl (C=O) groups excluding carboxylic acids is 1. The molecule has 2 aromatic rings. The van der Waals surface area contributed by atoms with E-state index < -0.39 is 0 Å². The van der Waals surface area contributed by atoms with Crippen LogP contribution in [0.25, 0.3) is 0 Å². The van der Waals surface area contributed by atoms with Gasteiger partial charge >= 0.3 is 0 Å². The van der Waals surface area contributed by atoms with E-state index >= 15 is 0 Å². The molecule has 0 fully saturated rings. The molecule has 1 amide bonds. The lowest BCUT2D eigenvalue weighted by Crippen LogP contribution is -2.29. The topological polar surface area (TPSA) is 78.3 Å². The summed E-state index contributed by atoms with van der Waals surface area (Å²) in [5.41, 5.74) is 0.901. The molecule has 0 unspecified atom stereocenters. The Hall–Kier alpha value is -2.09. The highest BCUT2D eigenvalue weighted by molar-refractivity contribution is 9.10. The van der Waals surface area contributed by atoms with Crippen molar-refractivity contribution in [3.63, 3.8) is 0 Å². The number of ether oxygens (including phenoxy) is 2. The van der Waals surface area contributed by atoms with Crippen LogP contribution in [-0.4, -0.2) is 33.9 Å². The summed E-state index contributed by atoms with van der Waals surface area (Å²) in [6.45, 7) is 4.91. The number of hydrogen-bond acceptors (Lipinski definition) is 5. The van der Waals surface area contributed by atoms with Crippen molar-refractivity contribution in [2.45, 2.75) is 26.3 Å². The molecule has 3 rings (SSSR count). The van der Waals surface area contributed by atoms with Gasteiger partial charge in [0.05, 0.1) is 25.7 Å². The van der Waals surface area contributed by atoms with Crippen molar-refractivity contribution >= 4 is 27.8 Å². The standard InChI is InChI=1S/C15H17BrN4O3/c1-3-22-12-5-9(10(16)6-13(12)23-4-2)11-7-14(21)19-15-17-8-18-20(11)15/h5-6,8,11H,3-4,7H2,1-2H3,(H,17,18,19,21)/t11-/m0/s1. The quantitative estimate of drug-likeness (QED) is 0.862. The van der Waals surface area contributed by atoms with E-state index in [1.807, 2.05) is 26.0 Å². The van der Waals surface area contributed by atoms with Crippen LogP contribution < -0.4 is 14.8 Å². The minimum Gasteiger partial charge on any atom is -0.490 e. The molecule has 0 spiro atoms. The minimum atomic E-state index is -0.245. The fourth-order valence-electron chi connectivity index (χ4n) is 2.59. The molecule has 23 heavy (non-hydrogen) atoms. The Morgan fingerprint density at radius 3 is 2.70 bits per heavy atom. The largest absolute Gasteiger partial charge is 0.490 e. The second kappa shape index (κ2) is 6.57. The number of anilines is 1. The molecule has 122 valence electrons. The van der Waals surface area contributed by atoms with Crippen molar-refractivity contribution in [2.24, 2.45) is 0 Å². The Morgan fingerprint density at radius 1 is 1.30 bits per heavy atom. The zero-order valence-corrected chi connectivity index (χ0v) is 14.5. The highest BCUT2D eigenvalue weighted by Crippen LogP contribution is 2.40. The molecular weight excluding hydrogens is 364 g/mol. The maximum Gasteiger partial charge on any atom is 0.229 e. The second-order valence-electron chi connectivity index (χ2n) is 4.98. The van der Waals surface area contributed by atoms with Crippen LogP contribution >= 0.6 is 15.9 Å². The summed E-state index contributed by atoms with van der Waals surface area (Å²) in [5, 5.41) is 6.93. The zero-order valence-electron chi connectivity index (χ0n) is 12.9. The molecule has 1 aromatic heterocycles. The number of nitrogens with one attached hydrogen (secondary N) is 1. The van der Waals surface area contributed by atoms with Crippen LogP contribution in [0, 0.1) is 0 Å². The number of halogens is 1. The Kier molecular flexibility index (Phi) is 4.51. The molecule has 7 nitrogen and oxygen atoms in total. The van der Waals surface area contributed by atoms with E-state index in [2.05, 4.69) is 31.3 Å². The van der Waals surface area contributed by atoms with Crippen LogP contribution in [0.4, 0.5) is 5.95 Å². The van der Waals surface area contributed by atoms with E-state index in [1.165, 1.54) is 6.33 Å². The van der Waals surface area contributed by atoms with Gasteiger partial charge in [0.15, 0.2) is 11.5 Å². The number of benzene rings is 1. The first kappa shape index (κ1) is 15.8. The maximum absolute atomic E-state index is 11.9. The van der Waals surface area contributed by atoms with Gasteiger partial charge in [-0.25, -0.2) is 4.68 Å². The maximum atomic E-state index is 11.9. The Bertz CT molecular complexity index is 732. The van der Waals surface area contributed by atoms with E-state index in [-0.39, 0.29) is 18.4 Å². The summed E-state index contributed by atoms with van der Waals surface area (Å²) >= 11 is 3.57. The SMILES string of the molecule is CCOc1cc(Br)c([C@@H]2CC(=O)Nc3ncnn32)cc1OCC. The summed E-state index contributed by atoms with van der Waals surface area (Å²) in [6.07, 6.45) is 1.72. The third-order valence-corrected chi connectivity index (χ3v) is 4.21. The van der Waals surface area contributed by atoms with E-state index in [0.717, 1.165) is 10.0 Å². The third-order valence-electron chi connectivity index (χ3n) is 3.52. The average molecular weight is 381 g/mol. The molecule has 1 aliphatic heterocycles. The van der Waals surface area contributed by atoms with Crippen molar-refractivity contribution in [3.8, 4) is 11.5 Å². The van der Waals surface area contributed by atoms with Gasteiger partial charge in [-0.15, -0.1) is 0 Å². The van der Waals surface area contributed by atoms with Gasteiger partial charge in [0.1, 0.15) is 6.33 Å². The van der Waals surface area contributed by atoms with Crippen LogP contribution in [0.2, 0.25) is 0 Å². The highest BCUT2D eigenvalue weighted by atomic mass is 79.9. The fraction of sp³-hybridized carbons (Fsp3) is 0.400. The highest BCUT2D eigenvalue weighted by Gasteiger charge is 2.30. The van der Waals surface area contributed by atoms with Gasteiger partial charge in [-0.3, -0.25) is 10.1 Å². The van der Waals surface area contributed by atoms with Gasteiger partial charge in [0, 0.05) is 4.47 Å². The summed E-state index contributed by atoms with van der Waals surface area (Å²) in [7, 11) is 0. The minimum absolute atomic E-state index is 0.0887. The monoisotopic (exact) mass is 380 g/mol. The summed E-state index contributed by atoms with van der Waals surface area (Å²) < 4.78 is 13.8. The van der Waals surface area contributed by atoms with Crippen LogP contribution in [0.15, 0.2) is 22.9 Å². The molecule has 1 aromatic carbocycles. The fourth-order valence-corrected chi connectivity index (χ4v) is 3.18. The van der Waals surface area contributed by atoms with Gasteiger partial charge in [-0.2, -0.15) is 10.1 Å². The number of amides is 1. The van der Waals surface area contributed by atoms with E-state index in [0.29, 0.717) is 30.7 Å². The van der Waals surface area contributed by atoms with E-state index in [4.69, 9.17) is 9.47 Å². The van der Waals surface area contributed by atoms with Gasteiger partial charge < -0.3 is 9.47 Å². The lowest BCUT2D eigenvalue weighted by Gasteiger charge is -2.25. The van der Waals surface area contributed by atoms with Crippen molar-refractivity contribution in [3.05, 3.63) is 28.5 Å². The molecule has 0 radical (unpaired) electrons. The number of hydrogen-bond donors (Lipinski definition) is 1. The molecule has 0 aliphatic carbocycles. The summed E-state index contributed by atoms with van der Waals surface area (Å²) in [4.78, 5) is 16.0. The molecule has 2 heterocycles. The average Bonchev–Trinajstić information content (AvgIpc) is 2.97. The van der Waals surface area contributed by atoms with Crippen LogP contribution in [0.5, 0.6) is 11.5 Å². The Labute approximate surface area is 142 Å². The molecule has 0 bridgehead atoms.